The molecule has 2 bridgehead atoms. The number of hydrogen-bond donors (Lipinski definition) is 2. The first-order valence-corrected chi connectivity index (χ1v) is 6.37. The molecule has 3 rings (SSSR count). The Hall–Kier alpha value is -1.61. The third-order valence-electron chi connectivity index (χ3n) is 4.16. The molecule has 6 nitrogen and oxygen atoms in total. The van der Waals surface area contributed by atoms with Crippen molar-refractivity contribution in [2.75, 3.05) is 0 Å². The van der Waals surface area contributed by atoms with Gasteiger partial charge in [-0.1, -0.05) is 0 Å². The van der Waals surface area contributed by atoms with Crippen LogP contribution in [0.4, 0.5) is 13.2 Å². The minimum atomic E-state index is -4.61. The van der Waals surface area contributed by atoms with Gasteiger partial charge in [0.05, 0.1) is 24.2 Å². The molecule has 2 fully saturated rings. The molecule has 9 heteroatoms. The number of carboxylic acid groups (broad SMARTS) is 1. The summed E-state index contributed by atoms with van der Waals surface area (Å²) in [6.07, 6.45) is -6.79. The first-order chi connectivity index (χ1) is 9.70. The van der Waals surface area contributed by atoms with E-state index in [0.29, 0.717) is 0 Å². The lowest BCUT2D eigenvalue weighted by molar-refractivity contribution is -0.144. The minimum Gasteiger partial charge on any atom is -0.481 e. The van der Waals surface area contributed by atoms with Crippen LogP contribution in [0, 0.1) is 5.92 Å². The maximum absolute atomic E-state index is 12.7. The number of nitrogens with zero attached hydrogens (tertiary/aromatic N) is 2. The lowest BCUT2D eigenvalue weighted by Gasteiger charge is -2.27. The van der Waals surface area contributed by atoms with E-state index in [9.17, 15) is 28.2 Å². The molecule has 0 aliphatic carbocycles. The Labute approximate surface area is 117 Å². The van der Waals surface area contributed by atoms with Gasteiger partial charge >= 0.3 is 12.1 Å². The fraction of sp³-hybridized carbons (Fsp3) is 0.667. The van der Waals surface area contributed by atoms with Crippen molar-refractivity contribution in [3.05, 3.63) is 17.5 Å². The molecule has 0 aromatic carbocycles. The van der Waals surface area contributed by atoms with Crippen LogP contribution in [0.3, 0.4) is 0 Å². The van der Waals surface area contributed by atoms with Crippen LogP contribution in [-0.4, -0.2) is 44.3 Å². The van der Waals surface area contributed by atoms with Crippen LogP contribution in [0.25, 0.3) is 0 Å². The number of alkyl halides is 3. The molecular weight excluding hydrogens is 293 g/mol. The molecule has 5 atom stereocenters. The third kappa shape index (κ3) is 2.11. The number of hydrogen-bond acceptors (Lipinski definition) is 4. The molecule has 0 saturated carbocycles. The fourth-order valence-corrected chi connectivity index (χ4v) is 3.31. The molecule has 2 aliphatic heterocycles. The molecule has 0 unspecified atom stereocenters. The number of aromatic nitrogens is 2. The maximum atomic E-state index is 12.7. The zero-order chi connectivity index (χ0) is 15.5. The van der Waals surface area contributed by atoms with E-state index in [4.69, 9.17) is 4.74 Å². The number of carboxylic acids is 1. The highest BCUT2D eigenvalue weighted by molar-refractivity contribution is 5.73. The second-order valence-electron chi connectivity index (χ2n) is 5.41. The van der Waals surface area contributed by atoms with Crippen LogP contribution in [0.5, 0.6) is 0 Å². The number of aryl methyl sites for hydroxylation is 1. The van der Waals surface area contributed by atoms with Crippen LogP contribution < -0.4 is 0 Å². The van der Waals surface area contributed by atoms with Crippen LogP contribution in [0.2, 0.25) is 0 Å². The number of carbonyl (C=O) groups is 1. The van der Waals surface area contributed by atoms with E-state index >= 15 is 0 Å². The van der Waals surface area contributed by atoms with Crippen LogP contribution in [0.1, 0.15) is 23.7 Å². The Bertz CT molecular complexity index is 586. The summed E-state index contributed by atoms with van der Waals surface area (Å²) >= 11 is 0. The van der Waals surface area contributed by atoms with Crippen molar-refractivity contribution in [2.24, 2.45) is 13.0 Å². The van der Waals surface area contributed by atoms with E-state index in [1.54, 1.807) is 0 Å². The fourth-order valence-electron chi connectivity index (χ4n) is 3.31. The zero-order valence-corrected chi connectivity index (χ0v) is 10.9. The van der Waals surface area contributed by atoms with E-state index < -0.39 is 48.0 Å². The molecule has 2 N–H and O–H groups in total. The Balaban J connectivity index is 2.02. The first-order valence-electron chi connectivity index (χ1n) is 6.37. The topological polar surface area (TPSA) is 84.6 Å². The van der Waals surface area contributed by atoms with Gasteiger partial charge in [-0.15, -0.1) is 0 Å². The van der Waals surface area contributed by atoms with Gasteiger partial charge in [-0.3, -0.25) is 9.48 Å². The molecule has 1 aromatic heterocycles. The Morgan fingerprint density at radius 1 is 1.52 bits per heavy atom. The molecule has 3 heterocycles. The molecule has 2 aliphatic rings. The van der Waals surface area contributed by atoms with Gasteiger partial charge in [0.25, 0.3) is 0 Å². The maximum Gasteiger partial charge on any atom is 0.435 e. The average Bonchev–Trinajstić information content (AvgIpc) is 2.98. The summed E-state index contributed by atoms with van der Waals surface area (Å²) in [6.45, 7) is 0. The van der Waals surface area contributed by atoms with Crippen LogP contribution in [0.15, 0.2) is 6.07 Å². The summed E-state index contributed by atoms with van der Waals surface area (Å²) in [4.78, 5) is 11.4. The lowest BCUT2D eigenvalue weighted by atomic mass is 9.76. The summed E-state index contributed by atoms with van der Waals surface area (Å²) in [5, 5.41) is 22.5. The molecule has 2 saturated heterocycles. The van der Waals surface area contributed by atoms with E-state index in [0.717, 1.165) is 10.7 Å². The summed E-state index contributed by atoms with van der Waals surface area (Å²) in [5.41, 5.74) is -0.970. The van der Waals surface area contributed by atoms with Crippen LogP contribution in [-0.2, 0) is 22.8 Å². The molecule has 0 radical (unpaired) electrons. The highest BCUT2D eigenvalue weighted by Crippen LogP contribution is 2.49. The normalized spacial score (nSPS) is 35.4. The Morgan fingerprint density at radius 3 is 2.71 bits per heavy atom. The van der Waals surface area contributed by atoms with Crippen molar-refractivity contribution in [1.29, 1.82) is 0 Å². The largest absolute Gasteiger partial charge is 0.481 e. The molecule has 0 spiro atoms. The number of aliphatic carboxylic acids is 1. The van der Waals surface area contributed by atoms with Gasteiger partial charge in [-0.25, -0.2) is 0 Å². The highest BCUT2D eigenvalue weighted by atomic mass is 19.4. The second-order valence-corrected chi connectivity index (χ2v) is 5.41. The van der Waals surface area contributed by atoms with E-state index in [1.807, 2.05) is 0 Å². The predicted molar refractivity (Wildman–Crippen MR) is 61.4 cm³/mol. The van der Waals surface area contributed by atoms with Gasteiger partial charge < -0.3 is 14.9 Å². The van der Waals surface area contributed by atoms with E-state index in [1.165, 1.54) is 7.05 Å². The Kier molecular flexibility index (Phi) is 3.03. The molecular formula is C12H13F3N2O4. The molecule has 0 amide bonds. The Morgan fingerprint density at radius 2 is 2.19 bits per heavy atom. The molecule has 1 aromatic rings. The summed E-state index contributed by atoms with van der Waals surface area (Å²) in [5.74, 6) is -2.96. The molecule has 21 heavy (non-hydrogen) atoms. The van der Waals surface area contributed by atoms with Gasteiger partial charge in [-0.05, 0) is 6.07 Å². The zero-order valence-electron chi connectivity index (χ0n) is 10.9. The van der Waals surface area contributed by atoms with Gasteiger partial charge in [0, 0.05) is 25.1 Å². The smallest absolute Gasteiger partial charge is 0.435 e. The van der Waals surface area contributed by atoms with Gasteiger partial charge in [0.2, 0.25) is 0 Å². The quantitative estimate of drug-likeness (QED) is 0.842. The van der Waals surface area contributed by atoms with Gasteiger partial charge in [0.15, 0.2) is 5.69 Å². The summed E-state index contributed by atoms with van der Waals surface area (Å²) < 4.78 is 44.6. The van der Waals surface area contributed by atoms with Crippen LogP contribution >= 0.6 is 0 Å². The van der Waals surface area contributed by atoms with Crippen molar-refractivity contribution >= 4 is 5.97 Å². The lowest BCUT2D eigenvalue weighted by Crippen LogP contribution is -2.39. The predicted octanol–water partition coefficient (Wildman–Crippen LogP) is 0.755. The second kappa shape index (κ2) is 4.44. The number of aliphatic hydroxyl groups excluding tert-OH is 1. The average molecular weight is 306 g/mol. The van der Waals surface area contributed by atoms with Crippen molar-refractivity contribution in [3.63, 3.8) is 0 Å². The van der Waals surface area contributed by atoms with E-state index in [2.05, 4.69) is 5.10 Å². The summed E-state index contributed by atoms with van der Waals surface area (Å²) in [7, 11) is 1.32. The van der Waals surface area contributed by atoms with E-state index in [-0.39, 0.29) is 12.1 Å². The number of aliphatic hydroxyl groups is 1. The summed E-state index contributed by atoms with van der Waals surface area (Å²) in [6, 6.07) is 0.831. The van der Waals surface area contributed by atoms with Crippen molar-refractivity contribution in [2.45, 2.75) is 36.8 Å². The van der Waals surface area contributed by atoms with Crippen molar-refractivity contribution < 1.29 is 32.9 Å². The number of ether oxygens (including phenoxy) is 1. The number of rotatable bonds is 2. The molecule has 116 valence electrons. The minimum absolute atomic E-state index is 0.112. The van der Waals surface area contributed by atoms with Gasteiger partial charge in [-0.2, -0.15) is 18.3 Å². The highest BCUT2D eigenvalue weighted by Gasteiger charge is 2.58. The standard InChI is InChI=1S/C12H13F3N2O4/c1-17-4(2-7(16-17)12(13,14)15)8-9(11(19)20)6-3-5(18)10(8)21-6/h2,5-6,8-10,18H,3H2,1H3,(H,19,20)/t5-,6+,8+,9-,10-/m0/s1. The van der Waals surface area contributed by atoms with Gasteiger partial charge in [0.1, 0.15) is 0 Å². The number of halogens is 3. The number of fused-ring (bicyclic) bond motifs is 2. The van der Waals surface area contributed by atoms with Crippen molar-refractivity contribution in [3.8, 4) is 0 Å². The first kappa shape index (κ1) is 14.3. The van der Waals surface area contributed by atoms with Crippen molar-refractivity contribution in [1.82, 2.24) is 9.78 Å². The SMILES string of the molecule is Cn1nc(C(F)(F)F)cc1[C@H]1[C@H]2O[C@H](C[C@@H]2O)[C@@H]1C(=O)O. The third-order valence-corrected chi connectivity index (χ3v) is 4.16. The monoisotopic (exact) mass is 306 g/mol.